The van der Waals surface area contributed by atoms with Crippen LogP contribution in [0.15, 0.2) is 35.2 Å². The van der Waals surface area contributed by atoms with Gasteiger partial charge in [-0.25, -0.2) is 8.42 Å². The van der Waals surface area contributed by atoms with Gasteiger partial charge in [0.1, 0.15) is 12.4 Å². The van der Waals surface area contributed by atoms with Gasteiger partial charge in [-0.1, -0.05) is 17.7 Å². The molecule has 0 amide bonds. The summed E-state index contributed by atoms with van der Waals surface area (Å²) in [6, 6.07) is 8.90. The molecule has 24 heavy (non-hydrogen) atoms. The number of ether oxygens (including phenoxy) is 1. The van der Waals surface area contributed by atoms with Crippen LogP contribution in [-0.4, -0.2) is 28.6 Å². The van der Waals surface area contributed by atoms with Crippen molar-refractivity contribution in [3.63, 3.8) is 0 Å². The zero-order valence-electron chi connectivity index (χ0n) is 14.4. The Bertz CT molecular complexity index is 868. The maximum Gasteiger partial charge on any atom is 0.261 e. The third-order valence-electron chi connectivity index (χ3n) is 4.25. The predicted octanol–water partition coefficient (Wildman–Crippen LogP) is 3.24. The van der Waals surface area contributed by atoms with E-state index in [1.165, 1.54) is 0 Å². The highest BCUT2D eigenvalue weighted by atomic mass is 32.2. The number of aryl methyl sites for hydroxylation is 3. The molecule has 2 aromatic rings. The molecule has 0 bridgehead atoms. The Balaban J connectivity index is 1.99. The molecule has 0 spiro atoms. The van der Waals surface area contributed by atoms with Crippen molar-refractivity contribution in [3.05, 3.63) is 47.0 Å². The monoisotopic (exact) mass is 346 g/mol. The van der Waals surface area contributed by atoms with E-state index in [1.807, 2.05) is 44.9 Å². The molecule has 0 aromatic heterocycles. The molecule has 128 valence electrons. The lowest BCUT2D eigenvalue weighted by Crippen LogP contribution is -2.29. The lowest BCUT2D eigenvalue weighted by molar-refractivity contribution is 0.311. The molecule has 2 aromatic carbocycles. The highest BCUT2D eigenvalue weighted by Crippen LogP contribution is 2.34. The average molecular weight is 346 g/mol. The molecule has 6 heteroatoms. The zero-order chi connectivity index (χ0) is 17.5. The van der Waals surface area contributed by atoms with E-state index in [4.69, 9.17) is 4.74 Å². The van der Waals surface area contributed by atoms with Gasteiger partial charge in [-0.2, -0.15) is 0 Å². The first-order valence-corrected chi connectivity index (χ1v) is 9.35. The summed E-state index contributed by atoms with van der Waals surface area (Å²) in [4.78, 5) is 2.23. The first-order chi connectivity index (χ1) is 11.3. The fourth-order valence-electron chi connectivity index (χ4n) is 3.03. The molecule has 5 nitrogen and oxygen atoms in total. The standard InChI is InChI=1S/C18H22N2O3S/c1-12-9-13(2)18(14(3)10-12)19-24(21,22)15-5-6-17-16(11-15)20(4)7-8-23-17/h5-6,9-11,19H,7-8H2,1-4H3. The van der Waals surface area contributed by atoms with Crippen LogP contribution in [0.1, 0.15) is 16.7 Å². The van der Waals surface area contributed by atoms with Crippen molar-refractivity contribution >= 4 is 21.4 Å². The number of fused-ring (bicyclic) bond motifs is 1. The third-order valence-corrected chi connectivity index (χ3v) is 5.60. The number of sulfonamides is 1. The highest BCUT2D eigenvalue weighted by Gasteiger charge is 2.21. The fraction of sp³-hybridized carbons (Fsp3) is 0.333. The molecule has 0 atom stereocenters. The maximum atomic E-state index is 12.8. The van der Waals surface area contributed by atoms with Gasteiger partial charge in [0.15, 0.2) is 0 Å². The van der Waals surface area contributed by atoms with E-state index >= 15 is 0 Å². The summed E-state index contributed by atoms with van der Waals surface area (Å²) >= 11 is 0. The summed E-state index contributed by atoms with van der Waals surface area (Å²) in [5, 5.41) is 0. The van der Waals surface area contributed by atoms with Crippen molar-refractivity contribution in [1.82, 2.24) is 0 Å². The number of likely N-dealkylation sites (N-methyl/N-ethyl adjacent to an activating group) is 1. The van der Waals surface area contributed by atoms with Gasteiger partial charge in [-0.05, 0) is 50.1 Å². The number of benzene rings is 2. The minimum Gasteiger partial charge on any atom is -0.490 e. The third kappa shape index (κ3) is 3.06. The Kier molecular flexibility index (Phi) is 4.17. The molecule has 0 unspecified atom stereocenters. The summed E-state index contributed by atoms with van der Waals surface area (Å²) in [6.07, 6.45) is 0. The molecule has 0 fully saturated rings. The number of nitrogens with zero attached hydrogens (tertiary/aromatic N) is 1. The number of anilines is 2. The van der Waals surface area contributed by atoms with Crippen LogP contribution in [0.5, 0.6) is 5.75 Å². The van der Waals surface area contributed by atoms with Gasteiger partial charge in [-0.15, -0.1) is 0 Å². The zero-order valence-corrected chi connectivity index (χ0v) is 15.2. The van der Waals surface area contributed by atoms with E-state index in [1.54, 1.807) is 18.2 Å². The van der Waals surface area contributed by atoms with E-state index in [9.17, 15) is 8.42 Å². The second-order valence-corrected chi connectivity index (χ2v) is 7.96. The summed E-state index contributed by atoms with van der Waals surface area (Å²) in [5.74, 6) is 0.713. The summed E-state index contributed by atoms with van der Waals surface area (Å²) < 4.78 is 33.9. The van der Waals surface area contributed by atoms with Gasteiger partial charge in [-0.3, -0.25) is 4.72 Å². The second kappa shape index (κ2) is 6.02. The smallest absolute Gasteiger partial charge is 0.261 e. The number of nitrogens with one attached hydrogen (secondary N) is 1. The first kappa shape index (κ1) is 16.6. The normalized spacial score (nSPS) is 14.1. The molecular weight excluding hydrogens is 324 g/mol. The van der Waals surface area contributed by atoms with Crippen LogP contribution in [0.3, 0.4) is 0 Å². The van der Waals surface area contributed by atoms with Crippen molar-refractivity contribution in [2.24, 2.45) is 0 Å². The van der Waals surface area contributed by atoms with E-state index in [-0.39, 0.29) is 4.90 Å². The van der Waals surface area contributed by atoms with Crippen molar-refractivity contribution in [2.75, 3.05) is 29.8 Å². The number of hydrogen-bond donors (Lipinski definition) is 1. The van der Waals surface area contributed by atoms with Gasteiger partial charge in [0, 0.05) is 7.05 Å². The lowest BCUT2D eigenvalue weighted by Gasteiger charge is -2.28. The van der Waals surface area contributed by atoms with Crippen LogP contribution in [0.25, 0.3) is 0 Å². The molecule has 1 aliphatic heterocycles. The van der Waals surface area contributed by atoms with E-state index in [0.29, 0.717) is 18.0 Å². The van der Waals surface area contributed by atoms with E-state index in [2.05, 4.69) is 4.72 Å². The van der Waals surface area contributed by atoms with Gasteiger partial charge in [0.05, 0.1) is 22.8 Å². The quantitative estimate of drug-likeness (QED) is 0.927. The molecule has 0 saturated heterocycles. The predicted molar refractivity (Wildman–Crippen MR) is 96.7 cm³/mol. The Morgan fingerprint density at radius 3 is 2.42 bits per heavy atom. The topological polar surface area (TPSA) is 58.6 Å². The Morgan fingerprint density at radius 2 is 1.75 bits per heavy atom. The summed E-state index contributed by atoms with van der Waals surface area (Å²) in [7, 11) is -1.73. The van der Waals surface area contributed by atoms with Gasteiger partial charge in [0.2, 0.25) is 0 Å². The molecule has 0 radical (unpaired) electrons. The van der Waals surface area contributed by atoms with Crippen LogP contribution in [0.2, 0.25) is 0 Å². The Labute approximate surface area is 143 Å². The minimum atomic E-state index is -3.66. The fourth-order valence-corrected chi connectivity index (χ4v) is 4.25. The van der Waals surface area contributed by atoms with Crippen molar-refractivity contribution < 1.29 is 13.2 Å². The lowest BCUT2D eigenvalue weighted by atomic mass is 10.1. The second-order valence-electron chi connectivity index (χ2n) is 6.28. The molecule has 1 heterocycles. The average Bonchev–Trinajstić information content (AvgIpc) is 2.51. The van der Waals surface area contributed by atoms with Gasteiger partial charge in [0.25, 0.3) is 10.0 Å². The van der Waals surface area contributed by atoms with E-state index in [0.717, 1.165) is 28.9 Å². The van der Waals surface area contributed by atoms with Crippen LogP contribution in [0, 0.1) is 20.8 Å². The van der Waals surface area contributed by atoms with Crippen LogP contribution in [-0.2, 0) is 10.0 Å². The van der Waals surface area contributed by atoms with E-state index < -0.39 is 10.0 Å². The molecular formula is C18H22N2O3S. The Hall–Kier alpha value is -2.21. The molecule has 1 N–H and O–H groups in total. The molecule has 0 saturated carbocycles. The van der Waals surface area contributed by atoms with Gasteiger partial charge >= 0.3 is 0 Å². The highest BCUT2D eigenvalue weighted by molar-refractivity contribution is 7.92. The molecule has 0 aliphatic carbocycles. The number of hydrogen-bond acceptors (Lipinski definition) is 4. The molecule has 1 aliphatic rings. The van der Waals surface area contributed by atoms with Crippen LogP contribution >= 0.6 is 0 Å². The van der Waals surface area contributed by atoms with Crippen LogP contribution < -0.4 is 14.4 Å². The van der Waals surface area contributed by atoms with Gasteiger partial charge < -0.3 is 9.64 Å². The largest absolute Gasteiger partial charge is 0.490 e. The number of rotatable bonds is 3. The van der Waals surface area contributed by atoms with Crippen LogP contribution in [0.4, 0.5) is 11.4 Å². The van der Waals surface area contributed by atoms with Crippen molar-refractivity contribution in [3.8, 4) is 5.75 Å². The van der Waals surface area contributed by atoms with Crippen molar-refractivity contribution in [1.29, 1.82) is 0 Å². The molecule has 3 rings (SSSR count). The first-order valence-electron chi connectivity index (χ1n) is 7.86. The summed E-state index contributed by atoms with van der Waals surface area (Å²) in [6.45, 7) is 7.16. The van der Waals surface area contributed by atoms with Crippen molar-refractivity contribution in [2.45, 2.75) is 25.7 Å². The Morgan fingerprint density at radius 1 is 1.08 bits per heavy atom. The maximum absolute atomic E-state index is 12.8. The minimum absolute atomic E-state index is 0.234. The SMILES string of the molecule is Cc1cc(C)c(NS(=O)(=O)c2ccc3c(c2)N(C)CCO3)c(C)c1. The summed E-state index contributed by atoms with van der Waals surface area (Å²) in [5.41, 5.74) is 4.37.